The minimum Gasteiger partial charge on any atom is -0.481 e. The SMILES string of the molecule is CC(C)S(=O)(=O)c1ccccc1C(=O)Nc1ccc(C(C)(C)C(=O)O)cc1. The minimum atomic E-state index is -3.61. The number of nitrogens with one attached hydrogen (secondary N) is 1. The number of sulfone groups is 1. The van der Waals surface area contributed by atoms with Crippen molar-refractivity contribution in [2.24, 2.45) is 0 Å². The molecule has 2 aromatic rings. The second-order valence-corrected chi connectivity index (χ2v) is 9.52. The molecule has 0 aliphatic heterocycles. The number of aliphatic carboxylic acids is 1. The Morgan fingerprint density at radius 1 is 1.00 bits per heavy atom. The Balaban J connectivity index is 2.31. The summed E-state index contributed by atoms with van der Waals surface area (Å²) in [6, 6.07) is 12.5. The first-order valence-corrected chi connectivity index (χ1v) is 10.0. The van der Waals surface area contributed by atoms with Gasteiger partial charge in [0, 0.05) is 5.69 Å². The summed E-state index contributed by atoms with van der Waals surface area (Å²) in [5.74, 6) is -1.49. The number of carbonyl (C=O) groups is 2. The first-order valence-electron chi connectivity index (χ1n) is 8.46. The first kappa shape index (κ1) is 20.6. The molecule has 0 aliphatic carbocycles. The molecule has 0 saturated heterocycles. The average molecular weight is 389 g/mol. The lowest BCUT2D eigenvalue weighted by Gasteiger charge is -2.20. The Morgan fingerprint density at radius 2 is 1.56 bits per heavy atom. The summed E-state index contributed by atoms with van der Waals surface area (Å²) in [6.07, 6.45) is 0. The van der Waals surface area contributed by atoms with Gasteiger partial charge < -0.3 is 10.4 Å². The summed E-state index contributed by atoms with van der Waals surface area (Å²) in [5, 5.41) is 11.3. The Hall–Kier alpha value is -2.67. The zero-order valence-corrected chi connectivity index (χ0v) is 16.5. The van der Waals surface area contributed by atoms with E-state index < -0.39 is 32.4 Å². The maximum absolute atomic E-state index is 12.6. The molecule has 2 aromatic carbocycles. The van der Waals surface area contributed by atoms with Crippen molar-refractivity contribution in [2.45, 2.75) is 43.3 Å². The summed E-state index contributed by atoms with van der Waals surface area (Å²) < 4.78 is 25.0. The van der Waals surface area contributed by atoms with Crippen molar-refractivity contribution in [3.63, 3.8) is 0 Å². The average Bonchev–Trinajstić information content (AvgIpc) is 2.61. The van der Waals surface area contributed by atoms with E-state index in [1.807, 2.05) is 0 Å². The van der Waals surface area contributed by atoms with E-state index >= 15 is 0 Å². The molecule has 0 aliphatic rings. The molecule has 27 heavy (non-hydrogen) atoms. The van der Waals surface area contributed by atoms with Gasteiger partial charge in [0.2, 0.25) is 0 Å². The Bertz CT molecular complexity index is 960. The molecule has 0 unspecified atom stereocenters. The summed E-state index contributed by atoms with van der Waals surface area (Å²) in [7, 11) is -3.61. The molecule has 0 saturated carbocycles. The number of hydrogen-bond donors (Lipinski definition) is 2. The second kappa shape index (κ2) is 7.52. The largest absolute Gasteiger partial charge is 0.481 e. The topological polar surface area (TPSA) is 101 Å². The van der Waals surface area contributed by atoms with Gasteiger partial charge in [0.25, 0.3) is 5.91 Å². The number of amides is 1. The van der Waals surface area contributed by atoms with Gasteiger partial charge in [-0.25, -0.2) is 8.42 Å². The summed E-state index contributed by atoms with van der Waals surface area (Å²) in [6.45, 7) is 6.31. The van der Waals surface area contributed by atoms with Gasteiger partial charge in [-0.3, -0.25) is 9.59 Å². The number of carboxylic acids is 1. The highest BCUT2D eigenvalue weighted by molar-refractivity contribution is 7.92. The molecule has 2 N–H and O–H groups in total. The number of carbonyl (C=O) groups excluding carboxylic acids is 1. The molecule has 144 valence electrons. The van der Waals surface area contributed by atoms with E-state index in [1.165, 1.54) is 12.1 Å². The van der Waals surface area contributed by atoms with E-state index in [-0.39, 0.29) is 10.5 Å². The van der Waals surface area contributed by atoms with Gasteiger partial charge >= 0.3 is 5.97 Å². The molecule has 2 rings (SSSR count). The standard InChI is InChI=1S/C20H23NO5S/c1-13(2)27(25,26)17-8-6-5-7-16(17)18(22)21-15-11-9-14(10-12-15)20(3,4)19(23)24/h5-13H,1-4H3,(H,21,22)(H,23,24). The number of carboxylic acid groups (broad SMARTS) is 1. The molecule has 0 bridgehead atoms. The van der Waals surface area contributed by atoms with E-state index in [1.54, 1.807) is 64.1 Å². The van der Waals surface area contributed by atoms with Crippen molar-refractivity contribution in [1.29, 1.82) is 0 Å². The van der Waals surface area contributed by atoms with Gasteiger partial charge in [-0.2, -0.15) is 0 Å². The van der Waals surface area contributed by atoms with Crippen molar-refractivity contribution in [1.82, 2.24) is 0 Å². The summed E-state index contributed by atoms with van der Waals surface area (Å²) in [4.78, 5) is 23.9. The van der Waals surface area contributed by atoms with Crippen LogP contribution < -0.4 is 5.32 Å². The third-order valence-electron chi connectivity index (χ3n) is 4.46. The minimum absolute atomic E-state index is 0.0128. The smallest absolute Gasteiger partial charge is 0.313 e. The Kier molecular flexibility index (Phi) is 5.75. The molecule has 0 aromatic heterocycles. The Labute approximate surface area is 159 Å². The number of hydrogen-bond acceptors (Lipinski definition) is 4. The fourth-order valence-corrected chi connectivity index (χ4v) is 3.69. The lowest BCUT2D eigenvalue weighted by molar-refractivity contribution is -0.142. The lowest BCUT2D eigenvalue weighted by Crippen LogP contribution is -2.28. The highest BCUT2D eigenvalue weighted by Crippen LogP contribution is 2.26. The lowest BCUT2D eigenvalue weighted by atomic mass is 9.85. The van der Waals surface area contributed by atoms with Crippen LogP contribution in [0.15, 0.2) is 53.4 Å². The van der Waals surface area contributed by atoms with E-state index in [0.29, 0.717) is 11.3 Å². The fourth-order valence-electron chi connectivity index (χ4n) is 2.45. The van der Waals surface area contributed by atoms with Crippen LogP contribution in [0.5, 0.6) is 0 Å². The molecule has 0 fully saturated rings. The van der Waals surface area contributed by atoms with Crippen LogP contribution in [0.3, 0.4) is 0 Å². The van der Waals surface area contributed by atoms with E-state index in [9.17, 15) is 23.1 Å². The molecule has 0 heterocycles. The van der Waals surface area contributed by atoms with Gasteiger partial charge in [0.15, 0.2) is 9.84 Å². The zero-order valence-electron chi connectivity index (χ0n) is 15.7. The van der Waals surface area contributed by atoms with E-state index in [4.69, 9.17) is 0 Å². The molecule has 6 nitrogen and oxygen atoms in total. The van der Waals surface area contributed by atoms with E-state index in [0.717, 1.165) is 0 Å². The maximum Gasteiger partial charge on any atom is 0.313 e. The van der Waals surface area contributed by atoms with Crippen LogP contribution in [0.25, 0.3) is 0 Å². The summed E-state index contributed by atoms with van der Waals surface area (Å²) >= 11 is 0. The van der Waals surface area contributed by atoms with Crippen molar-refractivity contribution in [3.8, 4) is 0 Å². The number of rotatable bonds is 6. The van der Waals surface area contributed by atoms with Gasteiger partial charge in [-0.1, -0.05) is 24.3 Å². The summed E-state index contributed by atoms with van der Waals surface area (Å²) in [5.41, 5.74) is 0.0547. The molecule has 0 radical (unpaired) electrons. The van der Waals surface area contributed by atoms with Crippen LogP contribution in [0.4, 0.5) is 5.69 Å². The second-order valence-electron chi connectivity index (χ2n) is 7.05. The normalized spacial score (nSPS) is 12.0. The van der Waals surface area contributed by atoms with Crippen molar-refractivity contribution in [3.05, 3.63) is 59.7 Å². The van der Waals surface area contributed by atoms with Gasteiger partial charge in [-0.05, 0) is 57.5 Å². The third-order valence-corrected chi connectivity index (χ3v) is 6.67. The number of anilines is 1. The molecular weight excluding hydrogens is 366 g/mol. The van der Waals surface area contributed by atoms with Crippen LogP contribution >= 0.6 is 0 Å². The predicted molar refractivity (Wildman–Crippen MR) is 104 cm³/mol. The number of benzene rings is 2. The quantitative estimate of drug-likeness (QED) is 0.788. The van der Waals surface area contributed by atoms with E-state index in [2.05, 4.69) is 5.32 Å². The van der Waals surface area contributed by atoms with Crippen LogP contribution in [0.2, 0.25) is 0 Å². The zero-order chi connectivity index (χ0) is 20.4. The molecule has 7 heteroatoms. The molecule has 0 atom stereocenters. The van der Waals surface area contributed by atoms with Crippen LogP contribution in [0, 0.1) is 0 Å². The first-order chi connectivity index (χ1) is 12.5. The van der Waals surface area contributed by atoms with Crippen molar-refractivity contribution >= 4 is 27.4 Å². The molecule has 0 spiro atoms. The third kappa shape index (κ3) is 4.19. The van der Waals surface area contributed by atoms with Gasteiger partial charge in [0.05, 0.1) is 21.1 Å². The predicted octanol–water partition coefficient (Wildman–Crippen LogP) is 3.48. The van der Waals surface area contributed by atoms with Crippen LogP contribution in [-0.2, 0) is 20.0 Å². The molecule has 1 amide bonds. The van der Waals surface area contributed by atoms with Gasteiger partial charge in [0.1, 0.15) is 0 Å². The van der Waals surface area contributed by atoms with Crippen molar-refractivity contribution < 1.29 is 23.1 Å². The van der Waals surface area contributed by atoms with Crippen LogP contribution in [0.1, 0.15) is 43.6 Å². The maximum atomic E-state index is 12.6. The van der Waals surface area contributed by atoms with Crippen molar-refractivity contribution in [2.75, 3.05) is 5.32 Å². The highest BCUT2D eigenvalue weighted by Gasteiger charge is 2.29. The Morgan fingerprint density at radius 3 is 2.07 bits per heavy atom. The van der Waals surface area contributed by atoms with Gasteiger partial charge in [-0.15, -0.1) is 0 Å². The fraction of sp³-hybridized carbons (Fsp3) is 0.300. The monoisotopic (exact) mass is 389 g/mol. The highest BCUT2D eigenvalue weighted by atomic mass is 32.2. The van der Waals surface area contributed by atoms with Crippen LogP contribution in [-0.4, -0.2) is 30.7 Å². The molecular formula is C20H23NO5S.